The van der Waals surface area contributed by atoms with Crippen LogP contribution in [0, 0.1) is 5.82 Å². The first-order valence-corrected chi connectivity index (χ1v) is 10.3. The summed E-state index contributed by atoms with van der Waals surface area (Å²) in [6, 6.07) is 11.7. The van der Waals surface area contributed by atoms with Gasteiger partial charge in [-0.2, -0.15) is 0 Å². The van der Waals surface area contributed by atoms with Crippen molar-refractivity contribution in [1.82, 2.24) is 14.0 Å². The van der Waals surface area contributed by atoms with Crippen LogP contribution in [-0.2, 0) is 19.4 Å². The van der Waals surface area contributed by atoms with E-state index in [1.54, 1.807) is 27.3 Å². The molecule has 0 bridgehead atoms. The molecule has 8 heteroatoms. The molecule has 0 atom stereocenters. The Hall–Kier alpha value is -3.16. The lowest BCUT2D eigenvalue weighted by Gasteiger charge is -2.10. The van der Waals surface area contributed by atoms with E-state index in [0.29, 0.717) is 11.4 Å². The minimum Gasteiger partial charge on any atom is -0.487 e. The summed E-state index contributed by atoms with van der Waals surface area (Å²) in [4.78, 5) is 16.7. The fraction of sp³-hybridized carbons (Fsp3) is 0.217. The number of ether oxygens (including phenoxy) is 1. The Labute approximate surface area is 182 Å². The van der Waals surface area contributed by atoms with Crippen molar-refractivity contribution >= 4 is 22.7 Å². The molecular formula is C23H19ClFN3O3. The van der Waals surface area contributed by atoms with Gasteiger partial charge in [-0.05, 0) is 54.6 Å². The van der Waals surface area contributed by atoms with E-state index in [9.17, 15) is 9.18 Å². The number of hydrogen-bond acceptors (Lipinski definition) is 5. The highest BCUT2D eigenvalue weighted by Gasteiger charge is 2.20. The maximum atomic E-state index is 13.0. The number of hydrogen-bond donors (Lipinski definition) is 0. The first-order chi connectivity index (χ1) is 15.1. The summed E-state index contributed by atoms with van der Waals surface area (Å²) in [5, 5.41) is 1.01. The molecule has 5 rings (SSSR count). The summed E-state index contributed by atoms with van der Waals surface area (Å²) in [7, 11) is 0. The normalized spacial score (nSPS) is 14.4. The molecule has 1 aromatic carbocycles. The third-order valence-corrected chi connectivity index (χ3v) is 5.73. The second kappa shape index (κ2) is 8.17. The fourth-order valence-corrected chi connectivity index (χ4v) is 3.96. The highest BCUT2D eigenvalue weighted by atomic mass is 35.5. The molecule has 0 unspecified atom stereocenters. The average molecular weight is 440 g/mol. The Morgan fingerprint density at radius 1 is 1.13 bits per heavy atom. The minimum absolute atomic E-state index is 0.147. The van der Waals surface area contributed by atoms with Crippen molar-refractivity contribution in [1.29, 1.82) is 0 Å². The topological polar surface area (TPSA) is 60.5 Å². The third-order valence-electron chi connectivity index (χ3n) is 5.39. The van der Waals surface area contributed by atoms with Gasteiger partial charge in [0.25, 0.3) is 5.56 Å². The third kappa shape index (κ3) is 4.06. The largest absolute Gasteiger partial charge is 0.487 e. The summed E-state index contributed by atoms with van der Waals surface area (Å²) >= 11 is 6.17. The van der Waals surface area contributed by atoms with Crippen LogP contribution >= 0.6 is 11.8 Å². The molecule has 31 heavy (non-hydrogen) atoms. The van der Waals surface area contributed by atoms with Gasteiger partial charge < -0.3 is 9.15 Å². The second-order valence-corrected chi connectivity index (χ2v) is 7.90. The molecule has 0 aliphatic carbocycles. The van der Waals surface area contributed by atoms with Crippen molar-refractivity contribution in [3.63, 3.8) is 0 Å². The van der Waals surface area contributed by atoms with E-state index in [2.05, 4.69) is 4.98 Å². The van der Waals surface area contributed by atoms with Crippen molar-refractivity contribution in [2.75, 3.05) is 13.1 Å². The van der Waals surface area contributed by atoms with E-state index < -0.39 is 5.82 Å². The summed E-state index contributed by atoms with van der Waals surface area (Å²) < 4.78 is 27.9. The zero-order valence-electron chi connectivity index (χ0n) is 16.6. The van der Waals surface area contributed by atoms with Crippen molar-refractivity contribution in [2.24, 2.45) is 0 Å². The molecular weight excluding hydrogens is 421 g/mol. The van der Waals surface area contributed by atoms with Crippen LogP contribution in [0.4, 0.5) is 4.39 Å². The molecule has 4 heterocycles. The van der Waals surface area contributed by atoms with Crippen LogP contribution in [0.5, 0.6) is 5.75 Å². The van der Waals surface area contributed by atoms with Gasteiger partial charge >= 0.3 is 0 Å². The molecule has 4 aromatic rings. The van der Waals surface area contributed by atoms with Gasteiger partial charge in [-0.15, -0.1) is 0 Å². The molecule has 0 N–H and O–H groups in total. The number of nitrogens with zero attached hydrogens (tertiary/aromatic N) is 3. The fourth-order valence-electron chi connectivity index (χ4n) is 3.79. The van der Waals surface area contributed by atoms with E-state index >= 15 is 0 Å². The predicted molar refractivity (Wildman–Crippen MR) is 115 cm³/mol. The molecule has 0 amide bonds. The monoisotopic (exact) mass is 439 g/mol. The standard InChI is InChI=1S/C23H19ClFN3O3/c24-27-8-6-19-20-11-17(3-4-21(20)31-22(19)7-9-27)28-10-5-18(12-23(28)29)30-14-16-2-1-15(25)13-26-16/h1-5,10-13H,6-9,14H2. The van der Waals surface area contributed by atoms with Gasteiger partial charge in [0, 0.05) is 48.4 Å². The second-order valence-electron chi connectivity index (χ2n) is 7.42. The summed E-state index contributed by atoms with van der Waals surface area (Å²) in [6.07, 6.45) is 4.37. The quantitative estimate of drug-likeness (QED) is 0.445. The van der Waals surface area contributed by atoms with Crippen molar-refractivity contribution in [3.8, 4) is 11.4 Å². The number of rotatable bonds is 4. The molecule has 0 saturated heterocycles. The summed E-state index contributed by atoms with van der Waals surface area (Å²) in [6.45, 7) is 1.65. The van der Waals surface area contributed by atoms with Crippen LogP contribution in [0.3, 0.4) is 0 Å². The zero-order valence-corrected chi connectivity index (χ0v) is 17.3. The number of pyridine rings is 2. The highest BCUT2D eigenvalue weighted by molar-refractivity contribution is 6.13. The highest BCUT2D eigenvalue weighted by Crippen LogP contribution is 2.30. The van der Waals surface area contributed by atoms with Gasteiger partial charge in [0.05, 0.1) is 11.9 Å². The van der Waals surface area contributed by atoms with Gasteiger partial charge in [0.2, 0.25) is 0 Å². The Kier molecular flexibility index (Phi) is 5.21. The number of benzene rings is 1. The van der Waals surface area contributed by atoms with E-state index in [1.807, 2.05) is 18.2 Å². The van der Waals surface area contributed by atoms with Crippen LogP contribution in [0.2, 0.25) is 0 Å². The van der Waals surface area contributed by atoms with Gasteiger partial charge in [-0.3, -0.25) is 14.3 Å². The maximum Gasteiger partial charge on any atom is 0.258 e. The molecule has 3 aromatic heterocycles. The van der Waals surface area contributed by atoms with Crippen LogP contribution < -0.4 is 10.3 Å². The lowest BCUT2D eigenvalue weighted by Crippen LogP contribution is -2.16. The van der Waals surface area contributed by atoms with E-state index in [0.717, 1.165) is 60.1 Å². The van der Waals surface area contributed by atoms with Crippen LogP contribution in [-0.4, -0.2) is 27.1 Å². The Balaban J connectivity index is 1.40. The van der Waals surface area contributed by atoms with Crippen molar-refractivity contribution in [2.45, 2.75) is 19.4 Å². The number of aromatic nitrogens is 2. The van der Waals surface area contributed by atoms with Crippen molar-refractivity contribution in [3.05, 3.63) is 88.0 Å². The van der Waals surface area contributed by atoms with E-state index in [1.165, 1.54) is 12.1 Å². The van der Waals surface area contributed by atoms with Crippen LogP contribution in [0.25, 0.3) is 16.7 Å². The lowest BCUT2D eigenvalue weighted by molar-refractivity contribution is 0.300. The molecule has 158 valence electrons. The SMILES string of the molecule is O=c1cc(OCc2ccc(F)cn2)ccn1-c1ccc2oc3c(c2c1)CCN(Cl)CC3. The van der Waals surface area contributed by atoms with E-state index in [4.69, 9.17) is 20.9 Å². The molecule has 0 fully saturated rings. The maximum absolute atomic E-state index is 13.0. The molecule has 1 aliphatic heterocycles. The Morgan fingerprint density at radius 2 is 2.00 bits per heavy atom. The van der Waals surface area contributed by atoms with Gasteiger partial charge in [-0.1, -0.05) is 0 Å². The lowest BCUT2D eigenvalue weighted by atomic mass is 10.1. The van der Waals surface area contributed by atoms with Gasteiger partial charge in [0.1, 0.15) is 29.5 Å². The molecule has 0 radical (unpaired) electrons. The van der Waals surface area contributed by atoms with Gasteiger partial charge in [-0.25, -0.2) is 8.81 Å². The first kappa shape index (κ1) is 19.8. The molecule has 6 nitrogen and oxygen atoms in total. The minimum atomic E-state index is -0.405. The summed E-state index contributed by atoms with van der Waals surface area (Å²) in [5.74, 6) is 0.978. The molecule has 0 saturated carbocycles. The van der Waals surface area contributed by atoms with Crippen LogP contribution in [0.1, 0.15) is 17.0 Å². The molecule has 0 spiro atoms. The van der Waals surface area contributed by atoms with E-state index in [-0.39, 0.29) is 12.2 Å². The molecule has 1 aliphatic rings. The number of halogens is 2. The number of fused-ring (bicyclic) bond motifs is 3. The van der Waals surface area contributed by atoms with Gasteiger partial charge in [0.15, 0.2) is 0 Å². The number of furan rings is 1. The zero-order chi connectivity index (χ0) is 21.4. The van der Waals surface area contributed by atoms with Crippen molar-refractivity contribution < 1.29 is 13.5 Å². The Bertz CT molecular complexity index is 1300. The first-order valence-electron chi connectivity index (χ1n) is 9.98. The van der Waals surface area contributed by atoms with Crippen LogP contribution in [0.15, 0.2) is 64.1 Å². The predicted octanol–water partition coefficient (Wildman–Crippen LogP) is 4.25. The average Bonchev–Trinajstić information content (AvgIpc) is 3.02. The Morgan fingerprint density at radius 3 is 2.81 bits per heavy atom. The smallest absolute Gasteiger partial charge is 0.258 e. The summed E-state index contributed by atoms with van der Waals surface area (Å²) in [5.41, 5.74) is 3.08.